The van der Waals surface area contributed by atoms with Crippen LogP contribution in [0, 0.1) is 0 Å². The van der Waals surface area contributed by atoms with Gasteiger partial charge in [0.25, 0.3) is 0 Å². The third-order valence-corrected chi connectivity index (χ3v) is 6.77. The fourth-order valence-corrected chi connectivity index (χ4v) is 5.66. The largest absolute Gasteiger partial charge is 0.298 e. The first-order valence-corrected chi connectivity index (χ1v) is 9.48. The number of rotatable bonds is 4. The van der Waals surface area contributed by atoms with E-state index in [4.69, 9.17) is 0 Å². The number of fused-ring (bicyclic) bond motifs is 1. The molecule has 0 aromatic carbocycles. The lowest BCUT2D eigenvalue weighted by Gasteiger charge is -2.46. The molecule has 3 fully saturated rings. The number of hydrogen-bond donors (Lipinski definition) is 0. The molecular weight excluding hydrogens is 252 g/mol. The van der Waals surface area contributed by atoms with Gasteiger partial charge in [0.1, 0.15) is 0 Å². The standard InChI is InChI=1S/C16H30N2S/c1-3-13-11-17-9-5-6-15(17)12-18(13)14-7-8-16(10-14)19-4-2/h13-16H,3-12H2,1-2H3. The smallest absolute Gasteiger partial charge is 0.0224 e. The van der Waals surface area contributed by atoms with Gasteiger partial charge < -0.3 is 0 Å². The van der Waals surface area contributed by atoms with Gasteiger partial charge in [0, 0.05) is 36.5 Å². The Morgan fingerprint density at radius 2 is 1.95 bits per heavy atom. The summed E-state index contributed by atoms with van der Waals surface area (Å²) < 4.78 is 0. The molecule has 3 aliphatic rings. The maximum atomic E-state index is 2.92. The van der Waals surface area contributed by atoms with Crippen molar-refractivity contribution in [3.05, 3.63) is 0 Å². The lowest BCUT2D eigenvalue weighted by atomic mass is 10.0. The normalized spacial score (nSPS) is 40.7. The fourth-order valence-electron chi connectivity index (χ4n) is 4.53. The molecule has 4 atom stereocenters. The molecule has 19 heavy (non-hydrogen) atoms. The van der Waals surface area contributed by atoms with Crippen LogP contribution < -0.4 is 0 Å². The van der Waals surface area contributed by atoms with Crippen molar-refractivity contribution in [2.24, 2.45) is 0 Å². The van der Waals surface area contributed by atoms with Gasteiger partial charge in [-0.15, -0.1) is 0 Å². The molecule has 0 aromatic heterocycles. The average Bonchev–Trinajstić information content (AvgIpc) is 3.05. The van der Waals surface area contributed by atoms with Gasteiger partial charge in [0.05, 0.1) is 0 Å². The SMILES string of the molecule is CCSC1CCC(N2CC3CCCN3CC2CC)C1. The molecule has 1 saturated carbocycles. The minimum absolute atomic E-state index is 0.838. The molecule has 2 heterocycles. The van der Waals surface area contributed by atoms with E-state index in [-0.39, 0.29) is 0 Å². The highest BCUT2D eigenvalue weighted by atomic mass is 32.2. The molecule has 1 aliphatic carbocycles. The molecular formula is C16H30N2S. The Hall–Kier alpha value is 0.270. The van der Waals surface area contributed by atoms with Gasteiger partial charge in [-0.05, 0) is 50.8 Å². The zero-order chi connectivity index (χ0) is 13.2. The van der Waals surface area contributed by atoms with Crippen LogP contribution in [0.4, 0.5) is 0 Å². The van der Waals surface area contributed by atoms with E-state index in [1.807, 2.05) is 0 Å². The Bertz CT molecular complexity index is 296. The zero-order valence-electron chi connectivity index (χ0n) is 12.7. The van der Waals surface area contributed by atoms with E-state index < -0.39 is 0 Å². The Balaban J connectivity index is 1.62. The van der Waals surface area contributed by atoms with Gasteiger partial charge in [0.2, 0.25) is 0 Å². The van der Waals surface area contributed by atoms with Crippen molar-refractivity contribution in [3.63, 3.8) is 0 Å². The lowest BCUT2D eigenvalue weighted by Crippen LogP contribution is -2.58. The van der Waals surface area contributed by atoms with E-state index in [0.29, 0.717) is 0 Å². The Kier molecular flexibility index (Phi) is 4.76. The molecule has 2 nitrogen and oxygen atoms in total. The molecule has 3 rings (SSSR count). The summed E-state index contributed by atoms with van der Waals surface area (Å²) in [5.74, 6) is 1.30. The minimum atomic E-state index is 0.838. The van der Waals surface area contributed by atoms with Crippen LogP contribution in [0.15, 0.2) is 0 Å². The lowest BCUT2D eigenvalue weighted by molar-refractivity contribution is 0.0202. The topological polar surface area (TPSA) is 6.48 Å². The second-order valence-electron chi connectivity index (χ2n) is 6.59. The Morgan fingerprint density at radius 3 is 2.74 bits per heavy atom. The van der Waals surface area contributed by atoms with Crippen molar-refractivity contribution < 1.29 is 0 Å². The molecule has 110 valence electrons. The number of nitrogens with zero attached hydrogens (tertiary/aromatic N) is 2. The Labute approximate surface area is 123 Å². The maximum Gasteiger partial charge on any atom is 0.0224 e. The molecule has 0 aromatic rings. The van der Waals surface area contributed by atoms with Crippen molar-refractivity contribution in [1.29, 1.82) is 0 Å². The molecule has 4 unspecified atom stereocenters. The highest BCUT2D eigenvalue weighted by Crippen LogP contribution is 2.36. The van der Waals surface area contributed by atoms with Crippen molar-refractivity contribution >= 4 is 11.8 Å². The predicted octanol–water partition coefficient (Wildman–Crippen LogP) is 3.22. The summed E-state index contributed by atoms with van der Waals surface area (Å²) in [5, 5.41) is 0.953. The summed E-state index contributed by atoms with van der Waals surface area (Å²) >= 11 is 2.20. The monoisotopic (exact) mass is 282 g/mol. The number of thioether (sulfide) groups is 1. The number of hydrogen-bond acceptors (Lipinski definition) is 3. The van der Waals surface area contributed by atoms with Crippen LogP contribution in [0.3, 0.4) is 0 Å². The van der Waals surface area contributed by atoms with Gasteiger partial charge in [-0.3, -0.25) is 9.80 Å². The van der Waals surface area contributed by atoms with Gasteiger partial charge in [-0.1, -0.05) is 13.8 Å². The molecule has 3 heteroatoms. The second-order valence-corrected chi connectivity index (χ2v) is 8.17. The van der Waals surface area contributed by atoms with Crippen LogP contribution in [0.2, 0.25) is 0 Å². The second kappa shape index (κ2) is 6.36. The van der Waals surface area contributed by atoms with E-state index in [0.717, 1.165) is 23.4 Å². The molecule has 0 N–H and O–H groups in total. The first-order chi connectivity index (χ1) is 9.31. The van der Waals surface area contributed by atoms with E-state index in [9.17, 15) is 0 Å². The third kappa shape index (κ3) is 2.98. The third-order valence-electron chi connectivity index (χ3n) is 5.53. The van der Waals surface area contributed by atoms with Crippen molar-refractivity contribution in [2.75, 3.05) is 25.4 Å². The van der Waals surface area contributed by atoms with Crippen LogP contribution in [0.1, 0.15) is 52.4 Å². The fraction of sp³-hybridized carbons (Fsp3) is 1.00. The average molecular weight is 282 g/mol. The van der Waals surface area contributed by atoms with Crippen molar-refractivity contribution in [2.45, 2.75) is 75.7 Å². The van der Waals surface area contributed by atoms with Crippen LogP contribution in [0.25, 0.3) is 0 Å². The molecule has 2 saturated heterocycles. The summed E-state index contributed by atoms with van der Waals surface area (Å²) in [6.45, 7) is 8.79. The van der Waals surface area contributed by atoms with Gasteiger partial charge in [-0.25, -0.2) is 0 Å². The number of piperazine rings is 1. The van der Waals surface area contributed by atoms with Gasteiger partial charge >= 0.3 is 0 Å². The summed E-state index contributed by atoms with van der Waals surface area (Å²) in [7, 11) is 0. The van der Waals surface area contributed by atoms with E-state index >= 15 is 0 Å². The highest BCUT2D eigenvalue weighted by Gasteiger charge is 2.40. The van der Waals surface area contributed by atoms with Gasteiger partial charge in [0.15, 0.2) is 0 Å². The zero-order valence-corrected chi connectivity index (χ0v) is 13.5. The maximum absolute atomic E-state index is 2.92. The quantitative estimate of drug-likeness (QED) is 0.782. The molecule has 0 bridgehead atoms. The first-order valence-electron chi connectivity index (χ1n) is 8.43. The van der Waals surface area contributed by atoms with E-state index in [1.54, 1.807) is 0 Å². The van der Waals surface area contributed by atoms with Crippen LogP contribution >= 0.6 is 11.8 Å². The van der Waals surface area contributed by atoms with Crippen molar-refractivity contribution in [3.8, 4) is 0 Å². The van der Waals surface area contributed by atoms with Crippen LogP contribution in [-0.2, 0) is 0 Å². The summed E-state index contributed by atoms with van der Waals surface area (Å²) in [5.41, 5.74) is 0. The summed E-state index contributed by atoms with van der Waals surface area (Å²) in [6.07, 6.45) is 8.61. The first kappa shape index (κ1) is 14.2. The Morgan fingerprint density at radius 1 is 1.05 bits per heavy atom. The molecule has 0 radical (unpaired) electrons. The van der Waals surface area contributed by atoms with E-state index in [1.165, 1.54) is 63.9 Å². The van der Waals surface area contributed by atoms with E-state index in [2.05, 4.69) is 35.4 Å². The van der Waals surface area contributed by atoms with Crippen LogP contribution in [-0.4, -0.2) is 58.6 Å². The highest BCUT2D eigenvalue weighted by molar-refractivity contribution is 7.99. The summed E-state index contributed by atoms with van der Waals surface area (Å²) in [4.78, 5) is 5.70. The summed E-state index contributed by atoms with van der Waals surface area (Å²) in [6, 6.07) is 2.63. The predicted molar refractivity (Wildman–Crippen MR) is 84.9 cm³/mol. The molecule has 0 spiro atoms. The molecule has 0 amide bonds. The van der Waals surface area contributed by atoms with Crippen molar-refractivity contribution in [1.82, 2.24) is 9.80 Å². The molecule has 2 aliphatic heterocycles. The van der Waals surface area contributed by atoms with Gasteiger partial charge in [-0.2, -0.15) is 11.8 Å². The minimum Gasteiger partial charge on any atom is -0.298 e. The van der Waals surface area contributed by atoms with Crippen LogP contribution in [0.5, 0.6) is 0 Å².